The summed E-state index contributed by atoms with van der Waals surface area (Å²) in [5.41, 5.74) is 2.97. The van der Waals surface area contributed by atoms with Crippen molar-refractivity contribution in [1.29, 1.82) is 5.26 Å². The summed E-state index contributed by atoms with van der Waals surface area (Å²) in [6.07, 6.45) is 0.690. The highest BCUT2D eigenvalue weighted by molar-refractivity contribution is 5.42. The van der Waals surface area contributed by atoms with E-state index in [0.717, 1.165) is 16.7 Å². The SMILES string of the molecule is [CH2]Cc1c(C)cccc1C#N. The van der Waals surface area contributed by atoms with Gasteiger partial charge in [-0.1, -0.05) is 12.1 Å². The van der Waals surface area contributed by atoms with Crippen LogP contribution in [0.25, 0.3) is 0 Å². The van der Waals surface area contributed by atoms with E-state index >= 15 is 0 Å². The van der Waals surface area contributed by atoms with Gasteiger partial charge in [0.15, 0.2) is 0 Å². The van der Waals surface area contributed by atoms with Crippen molar-refractivity contribution in [2.45, 2.75) is 13.3 Å². The van der Waals surface area contributed by atoms with E-state index in [9.17, 15) is 0 Å². The number of nitrogens with zero attached hydrogens (tertiary/aromatic N) is 1. The van der Waals surface area contributed by atoms with Gasteiger partial charge in [0.1, 0.15) is 0 Å². The maximum Gasteiger partial charge on any atom is 0.0994 e. The van der Waals surface area contributed by atoms with Crippen molar-refractivity contribution in [3.8, 4) is 6.07 Å². The summed E-state index contributed by atoms with van der Waals surface area (Å²) in [5, 5.41) is 8.70. The predicted octanol–water partition coefficient (Wildman–Crippen LogP) is 2.24. The van der Waals surface area contributed by atoms with Gasteiger partial charge in [0.2, 0.25) is 0 Å². The quantitative estimate of drug-likeness (QED) is 0.593. The van der Waals surface area contributed by atoms with Crippen LogP contribution in [0.5, 0.6) is 0 Å². The molecule has 0 spiro atoms. The monoisotopic (exact) mass is 144 g/mol. The topological polar surface area (TPSA) is 23.8 Å². The van der Waals surface area contributed by atoms with Crippen LogP contribution in [0.4, 0.5) is 0 Å². The van der Waals surface area contributed by atoms with E-state index in [0.29, 0.717) is 6.42 Å². The molecule has 1 aromatic carbocycles. The Morgan fingerprint density at radius 3 is 2.73 bits per heavy atom. The van der Waals surface area contributed by atoms with Crippen molar-refractivity contribution < 1.29 is 0 Å². The first-order chi connectivity index (χ1) is 5.29. The summed E-state index contributed by atoms with van der Waals surface area (Å²) in [4.78, 5) is 0. The number of rotatable bonds is 1. The minimum atomic E-state index is 0.690. The lowest BCUT2D eigenvalue weighted by Gasteiger charge is -2.02. The molecule has 1 heteroatoms. The summed E-state index contributed by atoms with van der Waals surface area (Å²) in [6.45, 7) is 5.78. The molecule has 0 saturated carbocycles. The first kappa shape index (κ1) is 7.81. The lowest BCUT2D eigenvalue weighted by Crippen LogP contribution is -1.90. The smallest absolute Gasteiger partial charge is 0.0994 e. The average molecular weight is 144 g/mol. The van der Waals surface area contributed by atoms with E-state index in [1.54, 1.807) is 0 Å². The van der Waals surface area contributed by atoms with Crippen LogP contribution in [0.3, 0.4) is 0 Å². The molecule has 11 heavy (non-hydrogen) atoms. The van der Waals surface area contributed by atoms with Gasteiger partial charge >= 0.3 is 0 Å². The zero-order chi connectivity index (χ0) is 8.27. The molecule has 0 aliphatic heterocycles. The van der Waals surface area contributed by atoms with Crippen LogP contribution in [-0.4, -0.2) is 0 Å². The maximum absolute atomic E-state index is 8.70. The van der Waals surface area contributed by atoms with Gasteiger partial charge in [-0.3, -0.25) is 0 Å². The van der Waals surface area contributed by atoms with Crippen LogP contribution in [0, 0.1) is 25.2 Å². The van der Waals surface area contributed by atoms with Crippen LogP contribution in [-0.2, 0) is 6.42 Å². The molecule has 0 unspecified atom stereocenters. The fourth-order valence-corrected chi connectivity index (χ4v) is 1.14. The number of hydrogen-bond acceptors (Lipinski definition) is 1. The van der Waals surface area contributed by atoms with Crippen LogP contribution >= 0.6 is 0 Å². The van der Waals surface area contributed by atoms with E-state index < -0.39 is 0 Å². The van der Waals surface area contributed by atoms with E-state index in [1.165, 1.54) is 0 Å². The normalized spacial score (nSPS) is 9.18. The molecule has 1 nitrogen and oxygen atoms in total. The van der Waals surface area contributed by atoms with E-state index in [2.05, 4.69) is 13.0 Å². The van der Waals surface area contributed by atoms with Gasteiger partial charge in [-0.15, -0.1) is 0 Å². The molecule has 0 aliphatic rings. The van der Waals surface area contributed by atoms with Gasteiger partial charge in [0.25, 0.3) is 0 Å². The number of nitriles is 1. The standard InChI is InChI=1S/C10H10N/c1-3-10-8(2)5-4-6-9(10)7-11/h4-6H,1,3H2,2H3. The number of aryl methyl sites for hydroxylation is 1. The molecule has 1 rings (SSSR count). The highest BCUT2D eigenvalue weighted by Crippen LogP contribution is 2.12. The minimum Gasteiger partial charge on any atom is -0.192 e. The second-order valence-corrected chi connectivity index (χ2v) is 2.46. The summed E-state index contributed by atoms with van der Waals surface area (Å²) >= 11 is 0. The molecule has 55 valence electrons. The third-order valence-electron chi connectivity index (χ3n) is 1.78. The fraction of sp³-hybridized carbons (Fsp3) is 0.200. The Bertz CT molecular complexity index is 294. The number of hydrogen-bond donors (Lipinski definition) is 0. The molecular formula is C10H10N. The second-order valence-electron chi connectivity index (χ2n) is 2.46. The molecule has 0 N–H and O–H groups in total. The fourth-order valence-electron chi connectivity index (χ4n) is 1.14. The lowest BCUT2D eigenvalue weighted by molar-refractivity contribution is 1.19. The summed E-state index contributed by atoms with van der Waals surface area (Å²) < 4.78 is 0. The molecule has 0 amide bonds. The van der Waals surface area contributed by atoms with Crippen molar-refractivity contribution >= 4 is 0 Å². The molecule has 0 aromatic heterocycles. The zero-order valence-electron chi connectivity index (χ0n) is 6.59. The van der Waals surface area contributed by atoms with Crippen LogP contribution < -0.4 is 0 Å². The molecule has 0 bridgehead atoms. The Labute approximate surface area is 67.3 Å². The summed E-state index contributed by atoms with van der Waals surface area (Å²) in [5.74, 6) is 0. The first-order valence-corrected chi connectivity index (χ1v) is 3.57. The highest BCUT2D eigenvalue weighted by Gasteiger charge is 2.00. The maximum atomic E-state index is 8.70. The molecule has 0 aliphatic carbocycles. The van der Waals surface area contributed by atoms with E-state index in [1.807, 2.05) is 25.1 Å². The highest BCUT2D eigenvalue weighted by atomic mass is 14.2. The van der Waals surface area contributed by atoms with Gasteiger partial charge in [0.05, 0.1) is 11.6 Å². The Kier molecular flexibility index (Phi) is 2.28. The Hall–Kier alpha value is -1.29. The van der Waals surface area contributed by atoms with Crippen molar-refractivity contribution in [1.82, 2.24) is 0 Å². The summed E-state index contributed by atoms with van der Waals surface area (Å²) in [6, 6.07) is 7.87. The predicted molar refractivity (Wildman–Crippen MR) is 45.0 cm³/mol. The summed E-state index contributed by atoms with van der Waals surface area (Å²) in [7, 11) is 0. The average Bonchev–Trinajstić information content (AvgIpc) is 2.04. The second kappa shape index (κ2) is 3.21. The van der Waals surface area contributed by atoms with Gasteiger partial charge < -0.3 is 0 Å². The lowest BCUT2D eigenvalue weighted by atomic mass is 10.0. The Morgan fingerprint density at radius 2 is 2.27 bits per heavy atom. The third-order valence-corrected chi connectivity index (χ3v) is 1.78. The van der Waals surface area contributed by atoms with Gasteiger partial charge in [-0.05, 0) is 37.5 Å². The first-order valence-electron chi connectivity index (χ1n) is 3.57. The van der Waals surface area contributed by atoms with Gasteiger partial charge in [0, 0.05) is 0 Å². The van der Waals surface area contributed by atoms with Crippen molar-refractivity contribution in [3.05, 3.63) is 41.8 Å². The van der Waals surface area contributed by atoms with Crippen LogP contribution in [0.1, 0.15) is 16.7 Å². The molecule has 0 atom stereocenters. The molecular weight excluding hydrogens is 134 g/mol. The van der Waals surface area contributed by atoms with E-state index in [4.69, 9.17) is 5.26 Å². The Balaban J connectivity index is 3.27. The van der Waals surface area contributed by atoms with Gasteiger partial charge in [-0.25, -0.2) is 0 Å². The third kappa shape index (κ3) is 1.40. The largest absolute Gasteiger partial charge is 0.192 e. The van der Waals surface area contributed by atoms with E-state index in [-0.39, 0.29) is 0 Å². The van der Waals surface area contributed by atoms with Crippen molar-refractivity contribution in [2.75, 3.05) is 0 Å². The molecule has 0 saturated heterocycles. The molecule has 1 radical (unpaired) electrons. The van der Waals surface area contributed by atoms with Gasteiger partial charge in [-0.2, -0.15) is 5.26 Å². The van der Waals surface area contributed by atoms with Crippen LogP contribution in [0.2, 0.25) is 0 Å². The zero-order valence-corrected chi connectivity index (χ0v) is 6.59. The van der Waals surface area contributed by atoms with Crippen molar-refractivity contribution in [2.24, 2.45) is 0 Å². The Morgan fingerprint density at radius 1 is 1.55 bits per heavy atom. The minimum absolute atomic E-state index is 0.690. The van der Waals surface area contributed by atoms with Crippen molar-refractivity contribution in [3.63, 3.8) is 0 Å². The molecule has 0 fully saturated rings. The molecule has 1 aromatic rings. The number of benzene rings is 1. The van der Waals surface area contributed by atoms with Crippen LogP contribution in [0.15, 0.2) is 18.2 Å². The molecule has 0 heterocycles.